The molecule has 5 rings (SSSR count). The van der Waals surface area contributed by atoms with Gasteiger partial charge in [0.1, 0.15) is 11.3 Å². The molecular weight excluding hydrogens is 446 g/mol. The first kappa shape index (κ1) is 22.1. The van der Waals surface area contributed by atoms with Crippen LogP contribution in [-0.4, -0.2) is 17.8 Å². The van der Waals surface area contributed by atoms with Crippen molar-refractivity contribution < 1.29 is 18.8 Å². The van der Waals surface area contributed by atoms with Crippen molar-refractivity contribution in [3.63, 3.8) is 0 Å². The Balaban J connectivity index is 1.54. The van der Waals surface area contributed by atoms with Crippen LogP contribution in [0.25, 0.3) is 22.3 Å². The molecule has 1 atom stereocenters. The van der Waals surface area contributed by atoms with Crippen molar-refractivity contribution in [3.05, 3.63) is 99.7 Å². The fraction of sp³-hybridized carbons (Fsp3) is 0.111. The standard InChI is InChI=1S/C27H21N3O5/c1-15-21(31)19-12-7-13-20(23(19)35-22(15)16-8-4-3-5-9-16)24(32)28-18-11-6-10-17(14-18)27(2)25(33)29-26(34)30-27/h3-14H,1-2H3,(H,28,32)(H2,29,30,33,34). The summed E-state index contributed by atoms with van der Waals surface area (Å²) in [5.41, 5.74) is 1.02. The highest BCUT2D eigenvalue weighted by Gasteiger charge is 2.43. The summed E-state index contributed by atoms with van der Waals surface area (Å²) in [4.78, 5) is 50.3. The Bertz CT molecular complexity index is 1580. The molecular formula is C27H21N3O5. The second-order valence-electron chi connectivity index (χ2n) is 8.50. The summed E-state index contributed by atoms with van der Waals surface area (Å²) in [5.74, 6) is -0.560. The zero-order chi connectivity index (χ0) is 24.7. The third-order valence-electron chi connectivity index (χ3n) is 6.17. The molecule has 0 bridgehead atoms. The number of para-hydroxylation sites is 1. The van der Waals surface area contributed by atoms with Gasteiger partial charge in [-0.05, 0) is 43.7 Å². The second kappa shape index (κ2) is 8.25. The third-order valence-corrected chi connectivity index (χ3v) is 6.17. The molecule has 0 radical (unpaired) electrons. The maximum absolute atomic E-state index is 13.3. The fourth-order valence-electron chi connectivity index (χ4n) is 4.21. The lowest BCUT2D eigenvalue weighted by Gasteiger charge is -2.21. The molecule has 4 amide bonds. The van der Waals surface area contributed by atoms with Gasteiger partial charge < -0.3 is 15.1 Å². The molecule has 0 saturated carbocycles. The number of carbonyl (C=O) groups is 3. The normalized spacial score (nSPS) is 17.2. The highest BCUT2D eigenvalue weighted by atomic mass is 16.3. The number of fused-ring (bicyclic) bond motifs is 1. The van der Waals surface area contributed by atoms with Crippen molar-refractivity contribution in [1.29, 1.82) is 0 Å². The van der Waals surface area contributed by atoms with Crippen LogP contribution in [-0.2, 0) is 10.3 Å². The van der Waals surface area contributed by atoms with E-state index in [-0.39, 0.29) is 16.6 Å². The minimum atomic E-state index is -1.26. The first-order chi connectivity index (χ1) is 16.8. The van der Waals surface area contributed by atoms with Crippen LogP contribution in [0.4, 0.5) is 10.5 Å². The number of hydrogen-bond donors (Lipinski definition) is 3. The molecule has 1 aliphatic rings. The van der Waals surface area contributed by atoms with Crippen molar-refractivity contribution in [2.45, 2.75) is 19.4 Å². The summed E-state index contributed by atoms with van der Waals surface area (Å²) >= 11 is 0. The van der Waals surface area contributed by atoms with Crippen LogP contribution in [0.3, 0.4) is 0 Å². The molecule has 0 spiro atoms. The van der Waals surface area contributed by atoms with Crippen molar-refractivity contribution >= 4 is 34.5 Å². The van der Waals surface area contributed by atoms with E-state index >= 15 is 0 Å². The molecule has 8 heteroatoms. The van der Waals surface area contributed by atoms with E-state index in [0.29, 0.717) is 28.0 Å². The summed E-state index contributed by atoms with van der Waals surface area (Å²) in [6.45, 7) is 3.28. The Kier molecular flexibility index (Phi) is 5.21. The van der Waals surface area contributed by atoms with Gasteiger partial charge in [0.15, 0.2) is 11.0 Å². The first-order valence-electron chi connectivity index (χ1n) is 11.0. The van der Waals surface area contributed by atoms with E-state index in [4.69, 9.17) is 4.42 Å². The van der Waals surface area contributed by atoms with E-state index in [2.05, 4.69) is 16.0 Å². The number of benzene rings is 3. The highest BCUT2D eigenvalue weighted by molar-refractivity contribution is 6.12. The Hall–Kier alpha value is -4.72. The maximum Gasteiger partial charge on any atom is 0.322 e. The Morgan fingerprint density at radius 3 is 2.40 bits per heavy atom. The predicted molar refractivity (Wildman–Crippen MR) is 131 cm³/mol. The Labute approximate surface area is 200 Å². The van der Waals surface area contributed by atoms with E-state index in [1.165, 1.54) is 0 Å². The molecule has 2 heterocycles. The summed E-state index contributed by atoms with van der Waals surface area (Å²) in [6, 6.07) is 20.1. The van der Waals surface area contributed by atoms with Crippen LogP contribution >= 0.6 is 0 Å². The van der Waals surface area contributed by atoms with Gasteiger partial charge in [-0.15, -0.1) is 0 Å². The average molecular weight is 467 g/mol. The van der Waals surface area contributed by atoms with E-state index in [1.54, 1.807) is 56.3 Å². The van der Waals surface area contributed by atoms with E-state index in [9.17, 15) is 19.2 Å². The van der Waals surface area contributed by atoms with Crippen LogP contribution in [0.2, 0.25) is 0 Å². The zero-order valence-corrected chi connectivity index (χ0v) is 19.0. The van der Waals surface area contributed by atoms with Gasteiger partial charge in [-0.25, -0.2) is 4.79 Å². The van der Waals surface area contributed by atoms with E-state index in [1.807, 2.05) is 30.3 Å². The second-order valence-corrected chi connectivity index (χ2v) is 8.50. The van der Waals surface area contributed by atoms with Crippen LogP contribution in [0.15, 0.2) is 82.0 Å². The zero-order valence-electron chi connectivity index (χ0n) is 19.0. The van der Waals surface area contributed by atoms with Crippen LogP contribution < -0.4 is 21.4 Å². The number of rotatable bonds is 4. The minimum absolute atomic E-state index is 0.185. The SMILES string of the molecule is Cc1c(-c2ccccc2)oc2c(C(=O)Nc3cccc(C4(C)NC(=O)NC4=O)c3)cccc2c1=O. The van der Waals surface area contributed by atoms with Gasteiger partial charge in [0, 0.05) is 16.8 Å². The number of imide groups is 1. The van der Waals surface area contributed by atoms with Crippen LogP contribution in [0.5, 0.6) is 0 Å². The highest BCUT2D eigenvalue weighted by Crippen LogP contribution is 2.29. The number of hydrogen-bond acceptors (Lipinski definition) is 5. The van der Waals surface area contributed by atoms with Crippen molar-refractivity contribution in [3.8, 4) is 11.3 Å². The molecule has 35 heavy (non-hydrogen) atoms. The summed E-state index contributed by atoms with van der Waals surface area (Å²) in [7, 11) is 0. The van der Waals surface area contributed by atoms with Crippen molar-refractivity contribution in [2.75, 3.05) is 5.32 Å². The molecule has 3 aromatic carbocycles. The average Bonchev–Trinajstić information content (AvgIpc) is 3.13. The monoisotopic (exact) mass is 467 g/mol. The van der Waals surface area contributed by atoms with Gasteiger partial charge >= 0.3 is 6.03 Å². The van der Waals surface area contributed by atoms with Crippen molar-refractivity contribution in [1.82, 2.24) is 10.6 Å². The molecule has 174 valence electrons. The van der Waals surface area contributed by atoms with E-state index < -0.39 is 23.4 Å². The molecule has 1 fully saturated rings. The molecule has 0 aliphatic carbocycles. The molecule has 1 aliphatic heterocycles. The molecule has 4 aromatic rings. The number of anilines is 1. The van der Waals surface area contributed by atoms with Crippen LogP contribution in [0, 0.1) is 6.92 Å². The van der Waals surface area contributed by atoms with Gasteiger partial charge in [-0.1, -0.05) is 48.5 Å². The maximum atomic E-state index is 13.3. The number of urea groups is 1. The van der Waals surface area contributed by atoms with Crippen molar-refractivity contribution in [2.24, 2.45) is 0 Å². The van der Waals surface area contributed by atoms with Gasteiger partial charge in [0.2, 0.25) is 0 Å². The van der Waals surface area contributed by atoms with Gasteiger partial charge in [-0.2, -0.15) is 0 Å². The summed E-state index contributed by atoms with van der Waals surface area (Å²) in [6.07, 6.45) is 0. The molecule has 1 saturated heterocycles. The number of amides is 4. The molecule has 1 unspecified atom stereocenters. The Morgan fingerprint density at radius 1 is 0.943 bits per heavy atom. The molecule has 3 N–H and O–H groups in total. The van der Waals surface area contributed by atoms with Gasteiger partial charge in [-0.3, -0.25) is 19.7 Å². The van der Waals surface area contributed by atoms with Gasteiger partial charge in [0.05, 0.1) is 10.9 Å². The Morgan fingerprint density at radius 2 is 1.69 bits per heavy atom. The molecule has 1 aromatic heterocycles. The topological polar surface area (TPSA) is 118 Å². The minimum Gasteiger partial charge on any atom is -0.455 e. The summed E-state index contributed by atoms with van der Waals surface area (Å²) < 4.78 is 6.14. The summed E-state index contributed by atoms with van der Waals surface area (Å²) in [5, 5.41) is 7.94. The lowest BCUT2D eigenvalue weighted by molar-refractivity contribution is -0.123. The molecule has 8 nitrogen and oxygen atoms in total. The predicted octanol–water partition coefficient (Wildman–Crippen LogP) is 4.08. The lowest BCUT2D eigenvalue weighted by Crippen LogP contribution is -2.40. The quantitative estimate of drug-likeness (QED) is 0.391. The van der Waals surface area contributed by atoms with E-state index in [0.717, 1.165) is 5.56 Å². The first-order valence-corrected chi connectivity index (χ1v) is 11.0. The third kappa shape index (κ3) is 3.74. The largest absolute Gasteiger partial charge is 0.455 e. The van der Waals surface area contributed by atoms with Gasteiger partial charge in [0.25, 0.3) is 11.8 Å². The number of nitrogens with one attached hydrogen (secondary N) is 3. The fourth-order valence-corrected chi connectivity index (χ4v) is 4.21. The number of carbonyl (C=O) groups excluding carboxylic acids is 3. The van der Waals surface area contributed by atoms with Crippen LogP contribution in [0.1, 0.15) is 28.4 Å². The lowest BCUT2D eigenvalue weighted by atomic mass is 9.92. The smallest absolute Gasteiger partial charge is 0.322 e.